The average Bonchev–Trinajstić information content (AvgIpc) is 1.82. The topological polar surface area (TPSA) is 80.3 Å². The van der Waals surface area contributed by atoms with Crippen molar-refractivity contribution >= 4 is 11.9 Å². The van der Waals surface area contributed by atoms with Gasteiger partial charge in [0.15, 0.2) is 0 Å². The number of aliphatic carboxylic acids is 2. The molecular formula is C6H6K2O4. The van der Waals surface area contributed by atoms with Crippen LogP contribution in [-0.4, -0.2) is 11.9 Å². The molecule has 0 fully saturated rings. The fraction of sp³-hybridized carbons (Fsp3) is 0.333. The zero-order valence-corrected chi connectivity index (χ0v) is 13.5. The molecule has 0 aliphatic heterocycles. The molecule has 12 heavy (non-hydrogen) atoms. The van der Waals surface area contributed by atoms with Crippen molar-refractivity contribution in [3.63, 3.8) is 0 Å². The van der Waals surface area contributed by atoms with Crippen molar-refractivity contribution in [1.82, 2.24) is 0 Å². The number of carbonyl (C=O) groups excluding carboxylic acids is 2. The first-order valence-corrected chi connectivity index (χ1v) is 2.63. The summed E-state index contributed by atoms with van der Waals surface area (Å²) in [6.07, 6.45) is -0.447. The van der Waals surface area contributed by atoms with Crippen LogP contribution in [0.1, 0.15) is 12.8 Å². The molecule has 0 aliphatic carbocycles. The first-order chi connectivity index (χ1) is 4.54. The van der Waals surface area contributed by atoms with E-state index in [0.29, 0.717) is 0 Å². The van der Waals surface area contributed by atoms with Crippen molar-refractivity contribution in [3.8, 4) is 0 Å². The van der Waals surface area contributed by atoms with E-state index in [1.807, 2.05) is 0 Å². The van der Waals surface area contributed by atoms with Crippen LogP contribution in [0.25, 0.3) is 0 Å². The largest absolute Gasteiger partial charge is 1.00 e. The summed E-state index contributed by atoms with van der Waals surface area (Å²) >= 11 is 0. The van der Waals surface area contributed by atoms with Crippen molar-refractivity contribution in [3.05, 3.63) is 12.2 Å². The molecule has 0 saturated carbocycles. The molecule has 0 spiro atoms. The molecule has 0 atom stereocenters. The van der Waals surface area contributed by atoms with Gasteiger partial charge >= 0.3 is 103 Å². The summed E-state index contributed by atoms with van der Waals surface area (Å²) in [6.45, 7) is 3.07. The molecular weight excluding hydrogens is 214 g/mol. The number of rotatable bonds is 4. The van der Waals surface area contributed by atoms with Crippen LogP contribution in [0.15, 0.2) is 12.2 Å². The number of carboxylic acid groups (broad SMARTS) is 2. The van der Waals surface area contributed by atoms with E-state index in [4.69, 9.17) is 0 Å². The number of hydrogen-bond donors (Lipinski definition) is 0. The Morgan fingerprint density at radius 1 is 1.08 bits per heavy atom. The van der Waals surface area contributed by atoms with Gasteiger partial charge in [0.25, 0.3) is 0 Å². The van der Waals surface area contributed by atoms with Crippen molar-refractivity contribution in [2.75, 3.05) is 0 Å². The van der Waals surface area contributed by atoms with Crippen LogP contribution in [0.4, 0.5) is 0 Å². The van der Waals surface area contributed by atoms with E-state index in [1.165, 1.54) is 0 Å². The Labute approximate surface area is 156 Å². The second-order valence-corrected chi connectivity index (χ2v) is 1.76. The van der Waals surface area contributed by atoms with Gasteiger partial charge in [-0.25, -0.2) is 0 Å². The molecule has 0 unspecified atom stereocenters. The molecule has 0 bridgehead atoms. The minimum atomic E-state index is -1.42. The summed E-state index contributed by atoms with van der Waals surface area (Å²) in [7, 11) is 0. The van der Waals surface area contributed by atoms with E-state index in [0.717, 1.165) is 0 Å². The molecule has 0 amide bonds. The Morgan fingerprint density at radius 3 is 1.75 bits per heavy atom. The first-order valence-electron chi connectivity index (χ1n) is 2.63. The third-order valence-corrected chi connectivity index (χ3v) is 0.920. The van der Waals surface area contributed by atoms with Crippen molar-refractivity contribution in [1.29, 1.82) is 0 Å². The standard InChI is InChI=1S/C6H8O4.2K/c1-4(6(9)10)2-3-5(7)8;;/h1-3H2,(H,7,8)(H,9,10);;/q;2*+1/p-2. The van der Waals surface area contributed by atoms with E-state index in [1.54, 1.807) is 0 Å². The van der Waals surface area contributed by atoms with E-state index < -0.39 is 11.9 Å². The fourth-order valence-electron chi connectivity index (χ4n) is 0.355. The summed E-state index contributed by atoms with van der Waals surface area (Å²) < 4.78 is 0. The molecule has 4 nitrogen and oxygen atoms in total. The monoisotopic (exact) mass is 220 g/mol. The zero-order chi connectivity index (χ0) is 8.15. The summed E-state index contributed by atoms with van der Waals surface area (Å²) in [5.41, 5.74) is -0.218. The van der Waals surface area contributed by atoms with Crippen molar-refractivity contribution < 1.29 is 123 Å². The third-order valence-electron chi connectivity index (χ3n) is 0.920. The van der Waals surface area contributed by atoms with E-state index in [9.17, 15) is 19.8 Å². The molecule has 56 valence electrons. The molecule has 0 aromatic heterocycles. The van der Waals surface area contributed by atoms with Gasteiger partial charge in [-0.2, -0.15) is 0 Å². The van der Waals surface area contributed by atoms with Crippen LogP contribution < -0.4 is 113 Å². The molecule has 0 N–H and O–H groups in total. The maximum absolute atomic E-state index is 9.89. The zero-order valence-electron chi connectivity index (χ0n) is 7.25. The SMILES string of the molecule is C=C(CCC(=O)[O-])C(=O)[O-].[K+].[K+]. The van der Waals surface area contributed by atoms with Crippen molar-refractivity contribution in [2.45, 2.75) is 12.8 Å². The number of carbonyl (C=O) groups is 2. The van der Waals surface area contributed by atoms with Crippen LogP contribution in [0.5, 0.6) is 0 Å². The summed E-state index contributed by atoms with van der Waals surface area (Å²) in [5, 5.41) is 19.6. The normalized spacial score (nSPS) is 7.33. The van der Waals surface area contributed by atoms with Gasteiger partial charge in [-0.15, -0.1) is 0 Å². The summed E-state index contributed by atoms with van der Waals surface area (Å²) in [4.78, 5) is 19.6. The molecule has 0 aromatic carbocycles. The fourth-order valence-corrected chi connectivity index (χ4v) is 0.355. The molecule has 0 radical (unpaired) electrons. The minimum absolute atomic E-state index is 0. The van der Waals surface area contributed by atoms with E-state index >= 15 is 0 Å². The van der Waals surface area contributed by atoms with Gasteiger partial charge in [-0.3, -0.25) is 0 Å². The number of carboxylic acids is 2. The Hall–Kier alpha value is 1.95. The smallest absolute Gasteiger partial charge is 0.550 e. The van der Waals surface area contributed by atoms with E-state index in [-0.39, 0.29) is 121 Å². The Bertz CT molecular complexity index is 178. The van der Waals surface area contributed by atoms with Crippen LogP contribution in [-0.2, 0) is 9.59 Å². The molecule has 0 saturated heterocycles. The van der Waals surface area contributed by atoms with Gasteiger partial charge in [-0.1, -0.05) is 6.58 Å². The van der Waals surface area contributed by atoms with Crippen LogP contribution in [0.2, 0.25) is 0 Å². The second kappa shape index (κ2) is 11.0. The molecule has 6 heteroatoms. The maximum Gasteiger partial charge on any atom is 1.00 e. The summed E-state index contributed by atoms with van der Waals surface area (Å²) in [6, 6.07) is 0. The molecule has 0 aliphatic rings. The molecule has 0 aromatic rings. The van der Waals surface area contributed by atoms with Crippen LogP contribution in [0.3, 0.4) is 0 Å². The quantitative estimate of drug-likeness (QED) is 0.348. The van der Waals surface area contributed by atoms with Gasteiger partial charge in [-0.05, 0) is 18.4 Å². The summed E-state index contributed by atoms with van der Waals surface area (Å²) in [5.74, 6) is -2.70. The van der Waals surface area contributed by atoms with Crippen LogP contribution in [0, 0.1) is 0 Å². The van der Waals surface area contributed by atoms with Gasteiger partial charge in [0.2, 0.25) is 0 Å². The minimum Gasteiger partial charge on any atom is -0.550 e. The average molecular weight is 220 g/mol. The van der Waals surface area contributed by atoms with E-state index in [2.05, 4.69) is 6.58 Å². The van der Waals surface area contributed by atoms with Gasteiger partial charge in [0.05, 0.1) is 5.97 Å². The maximum atomic E-state index is 9.89. The first kappa shape index (κ1) is 19.5. The number of hydrogen-bond acceptors (Lipinski definition) is 4. The molecule has 0 heterocycles. The third kappa shape index (κ3) is 12.0. The Kier molecular flexibility index (Phi) is 17.9. The van der Waals surface area contributed by atoms with Gasteiger partial charge in [0.1, 0.15) is 0 Å². The predicted molar refractivity (Wildman–Crippen MR) is 28.4 cm³/mol. The Balaban J connectivity index is -0.000000405. The van der Waals surface area contributed by atoms with Gasteiger partial charge in [0, 0.05) is 5.97 Å². The predicted octanol–water partition coefficient (Wildman–Crippen LogP) is -8.17. The molecule has 0 rings (SSSR count). The van der Waals surface area contributed by atoms with Crippen LogP contribution >= 0.6 is 0 Å². The second-order valence-electron chi connectivity index (χ2n) is 1.76. The van der Waals surface area contributed by atoms with Gasteiger partial charge < -0.3 is 19.8 Å². The van der Waals surface area contributed by atoms with Crippen molar-refractivity contribution in [2.24, 2.45) is 0 Å². The Morgan fingerprint density at radius 2 is 1.50 bits per heavy atom.